The van der Waals surface area contributed by atoms with Crippen molar-refractivity contribution in [2.75, 3.05) is 30.6 Å². The van der Waals surface area contributed by atoms with Gasteiger partial charge in [-0.3, -0.25) is 5.43 Å². The quantitative estimate of drug-likeness (QED) is 0.568. The summed E-state index contributed by atoms with van der Waals surface area (Å²) in [5.74, 6) is 6.64. The van der Waals surface area contributed by atoms with E-state index < -0.39 is 0 Å². The van der Waals surface area contributed by atoms with Crippen LogP contribution >= 0.6 is 0 Å². The fourth-order valence-electron chi connectivity index (χ4n) is 1.79. The number of anilines is 2. The number of aromatic nitrogens is 2. The fraction of sp³-hybridized carbons (Fsp3) is 0.636. The predicted octanol–water partition coefficient (Wildman–Crippen LogP) is 0.932. The highest BCUT2D eigenvalue weighted by Crippen LogP contribution is 2.19. The summed E-state index contributed by atoms with van der Waals surface area (Å²) in [6.45, 7) is 7.68. The van der Waals surface area contributed by atoms with Crippen LogP contribution in [0.5, 0.6) is 0 Å². The zero-order valence-corrected chi connectivity index (χ0v) is 10.9. The van der Waals surface area contributed by atoms with E-state index in [1.807, 2.05) is 6.92 Å². The molecule has 1 unspecified atom stereocenters. The lowest BCUT2D eigenvalue weighted by molar-refractivity contribution is 0.181. The number of likely N-dealkylation sites (N-methyl/N-ethyl adjacent to an activating group) is 1. The molecule has 1 aromatic rings. The number of nitrogens with one attached hydrogen (secondary N) is 1. The highest BCUT2D eigenvalue weighted by molar-refractivity contribution is 5.49. The standard InChI is InChI=1S/C11H21N5O/c1-5-16(9(3)7-17-4)10-8(2)6-13-11(14-10)15-12/h6,9H,5,7,12H2,1-4H3,(H,13,14,15). The van der Waals surface area contributed by atoms with Crippen LogP contribution in [0.1, 0.15) is 19.4 Å². The first kappa shape index (κ1) is 13.7. The summed E-state index contributed by atoms with van der Waals surface area (Å²) in [6, 6.07) is 0.254. The Kier molecular flexibility index (Phi) is 5.11. The molecule has 96 valence electrons. The van der Waals surface area contributed by atoms with E-state index in [-0.39, 0.29) is 6.04 Å². The van der Waals surface area contributed by atoms with E-state index in [1.165, 1.54) is 0 Å². The normalized spacial score (nSPS) is 12.3. The van der Waals surface area contributed by atoms with Crippen molar-refractivity contribution in [2.45, 2.75) is 26.8 Å². The predicted molar refractivity (Wildman–Crippen MR) is 68.9 cm³/mol. The second kappa shape index (κ2) is 6.36. The molecule has 0 amide bonds. The van der Waals surface area contributed by atoms with E-state index in [1.54, 1.807) is 13.3 Å². The van der Waals surface area contributed by atoms with Gasteiger partial charge in [0.25, 0.3) is 0 Å². The SMILES string of the molecule is CCN(c1nc(NN)ncc1C)C(C)COC. The van der Waals surface area contributed by atoms with Crippen LogP contribution in [-0.4, -0.2) is 36.3 Å². The van der Waals surface area contributed by atoms with Gasteiger partial charge in [0.05, 0.1) is 12.6 Å². The van der Waals surface area contributed by atoms with Crippen molar-refractivity contribution >= 4 is 11.8 Å². The number of aryl methyl sites for hydroxylation is 1. The Labute approximate surface area is 102 Å². The van der Waals surface area contributed by atoms with Gasteiger partial charge in [0, 0.05) is 25.4 Å². The summed E-state index contributed by atoms with van der Waals surface area (Å²) < 4.78 is 5.18. The molecular formula is C11H21N5O. The minimum absolute atomic E-state index is 0.254. The smallest absolute Gasteiger partial charge is 0.239 e. The van der Waals surface area contributed by atoms with Crippen LogP contribution in [0, 0.1) is 6.92 Å². The maximum atomic E-state index is 5.33. The van der Waals surface area contributed by atoms with E-state index in [0.717, 1.165) is 17.9 Å². The molecule has 0 saturated carbocycles. The average molecular weight is 239 g/mol. The second-order valence-electron chi connectivity index (χ2n) is 3.93. The van der Waals surface area contributed by atoms with Crippen molar-refractivity contribution in [1.29, 1.82) is 0 Å². The topological polar surface area (TPSA) is 76.3 Å². The molecule has 0 aromatic carbocycles. The summed E-state index contributed by atoms with van der Waals surface area (Å²) in [6.07, 6.45) is 1.76. The number of hydrogen-bond donors (Lipinski definition) is 2. The van der Waals surface area contributed by atoms with Crippen molar-refractivity contribution < 1.29 is 4.74 Å². The maximum absolute atomic E-state index is 5.33. The molecule has 3 N–H and O–H groups in total. The minimum Gasteiger partial charge on any atom is -0.383 e. The van der Waals surface area contributed by atoms with Gasteiger partial charge in [0.15, 0.2) is 0 Å². The molecule has 1 aromatic heterocycles. The van der Waals surface area contributed by atoms with E-state index in [0.29, 0.717) is 12.6 Å². The lowest BCUT2D eigenvalue weighted by atomic mass is 10.2. The zero-order chi connectivity index (χ0) is 12.8. The molecule has 0 fully saturated rings. The van der Waals surface area contributed by atoms with Gasteiger partial charge >= 0.3 is 0 Å². The molecule has 0 saturated heterocycles. The Hall–Kier alpha value is -1.40. The summed E-state index contributed by atoms with van der Waals surface area (Å²) in [7, 11) is 1.70. The number of nitrogen functional groups attached to an aromatic ring is 1. The minimum atomic E-state index is 0.254. The van der Waals surface area contributed by atoms with Crippen LogP contribution in [0.15, 0.2) is 6.20 Å². The molecule has 0 spiro atoms. The van der Waals surface area contributed by atoms with Gasteiger partial charge in [0.1, 0.15) is 5.82 Å². The monoisotopic (exact) mass is 239 g/mol. The van der Waals surface area contributed by atoms with Crippen molar-refractivity contribution in [1.82, 2.24) is 9.97 Å². The van der Waals surface area contributed by atoms with Crippen LogP contribution in [0.4, 0.5) is 11.8 Å². The lowest BCUT2D eigenvalue weighted by Gasteiger charge is -2.29. The van der Waals surface area contributed by atoms with Crippen LogP contribution < -0.4 is 16.2 Å². The molecule has 17 heavy (non-hydrogen) atoms. The van der Waals surface area contributed by atoms with E-state index in [2.05, 4.69) is 34.1 Å². The van der Waals surface area contributed by atoms with E-state index >= 15 is 0 Å². The molecule has 6 heteroatoms. The maximum Gasteiger partial charge on any atom is 0.239 e. The molecule has 0 aliphatic heterocycles. The van der Waals surface area contributed by atoms with Crippen molar-refractivity contribution in [3.8, 4) is 0 Å². The largest absolute Gasteiger partial charge is 0.383 e. The van der Waals surface area contributed by atoms with Gasteiger partial charge in [-0.05, 0) is 20.8 Å². The number of hydrogen-bond acceptors (Lipinski definition) is 6. The van der Waals surface area contributed by atoms with Gasteiger partial charge in [-0.25, -0.2) is 10.8 Å². The first-order valence-corrected chi connectivity index (χ1v) is 5.69. The fourth-order valence-corrected chi connectivity index (χ4v) is 1.79. The molecule has 1 rings (SSSR count). The summed E-state index contributed by atoms with van der Waals surface area (Å²) in [5, 5.41) is 0. The Morgan fingerprint density at radius 3 is 2.82 bits per heavy atom. The third-order valence-corrected chi connectivity index (χ3v) is 2.63. The van der Waals surface area contributed by atoms with Gasteiger partial charge in [-0.1, -0.05) is 0 Å². The first-order valence-electron chi connectivity index (χ1n) is 5.69. The van der Waals surface area contributed by atoms with E-state index in [9.17, 15) is 0 Å². The van der Waals surface area contributed by atoms with Gasteiger partial charge < -0.3 is 9.64 Å². The van der Waals surface area contributed by atoms with Crippen LogP contribution in [0.2, 0.25) is 0 Å². The molecule has 0 aliphatic carbocycles. The molecule has 0 bridgehead atoms. The third-order valence-electron chi connectivity index (χ3n) is 2.63. The number of rotatable bonds is 6. The Morgan fingerprint density at radius 1 is 1.59 bits per heavy atom. The molecular weight excluding hydrogens is 218 g/mol. The van der Waals surface area contributed by atoms with Gasteiger partial charge in [0.2, 0.25) is 5.95 Å². The Balaban J connectivity index is 3.01. The number of nitrogens with zero attached hydrogens (tertiary/aromatic N) is 3. The number of methoxy groups -OCH3 is 1. The third kappa shape index (κ3) is 3.28. The van der Waals surface area contributed by atoms with Gasteiger partial charge in [-0.15, -0.1) is 0 Å². The van der Waals surface area contributed by atoms with E-state index in [4.69, 9.17) is 10.6 Å². The summed E-state index contributed by atoms with van der Waals surface area (Å²) >= 11 is 0. The Morgan fingerprint density at radius 2 is 2.29 bits per heavy atom. The molecule has 1 atom stereocenters. The molecule has 0 radical (unpaired) electrons. The number of hydrazine groups is 1. The Bertz CT molecular complexity index is 358. The lowest BCUT2D eigenvalue weighted by Crippen LogP contribution is -2.37. The molecule has 6 nitrogen and oxygen atoms in total. The second-order valence-corrected chi connectivity index (χ2v) is 3.93. The average Bonchev–Trinajstić information content (AvgIpc) is 2.33. The van der Waals surface area contributed by atoms with Crippen LogP contribution in [0.25, 0.3) is 0 Å². The number of ether oxygens (including phenoxy) is 1. The number of nitrogens with two attached hydrogens (primary N) is 1. The molecule has 0 aliphatic rings. The highest BCUT2D eigenvalue weighted by Gasteiger charge is 2.16. The molecule has 1 heterocycles. The summed E-state index contributed by atoms with van der Waals surface area (Å²) in [5.41, 5.74) is 3.49. The summed E-state index contributed by atoms with van der Waals surface area (Å²) in [4.78, 5) is 10.6. The van der Waals surface area contributed by atoms with Crippen LogP contribution in [0.3, 0.4) is 0 Å². The zero-order valence-electron chi connectivity index (χ0n) is 10.9. The van der Waals surface area contributed by atoms with Crippen molar-refractivity contribution in [3.63, 3.8) is 0 Å². The van der Waals surface area contributed by atoms with Crippen LogP contribution in [-0.2, 0) is 4.74 Å². The van der Waals surface area contributed by atoms with Crippen molar-refractivity contribution in [3.05, 3.63) is 11.8 Å². The first-order chi connectivity index (χ1) is 8.13. The highest BCUT2D eigenvalue weighted by atomic mass is 16.5. The van der Waals surface area contributed by atoms with Crippen molar-refractivity contribution in [2.24, 2.45) is 5.84 Å². The van der Waals surface area contributed by atoms with Gasteiger partial charge in [-0.2, -0.15) is 4.98 Å².